The summed E-state index contributed by atoms with van der Waals surface area (Å²) in [6.45, 7) is 3.63. The number of thiazole rings is 1. The van der Waals surface area contributed by atoms with Gasteiger partial charge in [0.1, 0.15) is 0 Å². The van der Waals surface area contributed by atoms with Crippen molar-refractivity contribution in [3.8, 4) is 10.8 Å². The molecule has 1 aliphatic rings. The van der Waals surface area contributed by atoms with E-state index in [1.54, 1.807) is 22.7 Å². The maximum absolute atomic E-state index is 5.28. The molecule has 8 heteroatoms. The lowest BCUT2D eigenvalue weighted by atomic mass is 10.4. The molecule has 4 heterocycles. The number of nitrogens with one attached hydrogen (secondary N) is 1. The number of aromatic nitrogens is 3. The molecule has 0 amide bonds. The fraction of sp³-hybridized carbons (Fsp3) is 0.400. The number of hydrogen-bond donors (Lipinski definition) is 1. The summed E-state index contributed by atoms with van der Waals surface area (Å²) in [5.41, 5.74) is 0. The Bertz CT molecular complexity index is 746. The number of hydrogen-bond acceptors (Lipinski definition) is 8. The van der Waals surface area contributed by atoms with E-state index in [2.05, 4.69) is 25.3 Å². The van der Waals surface area contributed by atoms with E-state index in [1.165, 1.54) is 17.7 Å². The highest BCUT2D eigenvalue weighted by Gasteiger charge is 2.15. The van der Waals surface area contributed by atoms with Crippen LogP contribution in [0.25, 0.3) is 10.8 Å². The van der Waals surface area contributed by atoms with E-state index in [-0.39, 0.29) is 0 Å². The highest BCUT2D eigenvalue weighted by atomic mass is 32.1. The molecule has 0 atom stereocenters. The van der Waals surface area contributed by atoms with Crippen LogP contribution in [0.4, 0.5) is 5.13 Å². The van der Waals surface area contributed by atoms with E-state index in [0.29, 0.717) is 18.3 Å². The zero-order valence-electron chi connectivity index (χ0n) is 12.6. The van der Waals surface area contributed by atoms with Crippen LogP contribution in [0, 0.1) is 0 Å². The summed E-state index contributed by atoms with van der Waals surface area (Å²) in [7, 11) is 0. The van der Waals surface area contributed by atoms with Gasteiger partial charge in [-0.25, -0.2) is 4.98 Å². The molecular weight excluding hydrogens is 330 g/mol. The summed E-state index contributed by atoms with van der Waals surface area (Å²) >= 11 is 3.36. The largest absolute Gasteiger partial charge is 0.348 e. The van der Waals surface area contributed by atoms with Gasteiger partial charge in [-0.15, -0.1) is 22.7 Å². The van der Waals surface area contributed by atoms with Crippen LogP contribution in [0.15, 0.2) is 28.2 Å². The van der Waals surface area contributed by atoms with Crippen LogP contribution in [0.2, 0.25) is 0 Å². The van der Waals surface area contributed by atoms with E-state index < -0.39 is 0 Å². The third-order valence-electron chi connectivity index (χ3n) is 3.70. The van der Waals surface area contributed by atoms with Crippen molar-refractivity contribution >= 4 is 27.8 Å². The van der Waals surface area contributed by atoms with Crippen LogP contribution in [0.5, 0.6) is 0 Å². The molecule has 1 N–H and O–H groups in total. The Morgan fingerprint density at radius 1 is 1.26 bits per heavy atom. The van der Waals surface area contributed by atoms with Gasteiger partial charge >= 0.3 is 0 Å². The van der Waals surface area contributed by atoms with E-state index in [9.17, 15) is 0 Å². The third kappa shape index (κ3) is 3.44. The molecule has 1 fully saturated rings. The summed E-state index contributed by atoms with van der Waals surface area (Å²) in [5, 5.41) is 10.5. The van der Waals surface area contributed by atoms with E-state index in [4.69, 9.17) is 4.52 Å². The molecule has 0 aromatic carbocycles. The Balaban J connectivity index is 1.30. The maximum Gasteiger partial charge on any atom is 0.268 e. The van der Waals surface area contributed by atoms with Gasteiger partial charge in [-0.3, -0.25) is 0 Å². The molecule has 1 saturated heterocycles. The third-order valence-corrected chi connectivity index (χ3v) is 5.62. The quantitative estimate of drug-likeness (QED) is 0.739. The first kappa shape index (κ1) is 14.8. The molecule has 0 saturated carbocycles. The molecule has 0 aliphatic carbocycles. The number of nitrogens with zero attached hydrogens (tertiary/aromatic N) is 4. The molecule has 6 nitrogen and oxygen atoms in total. The molecule has 3 aromatic heterocycles. The van der Waals surface area contributed by atoms with Crippen LogP contribution < -0.4 is 10.2 Å². The first-order valence-corrected chi connectivity index (χ1v) is 9.35. The van der Waals surface area contributed by atoms with Crippen molar-refractivity contribution in [2.45, 2.75) is 25.9 Å². The van der Waals surface area contributed by atoms with Crippen LogP contribution in [0.1, 0.15) is 23.5 Å². The van der Waals surface area contributed by atoms with Crippen molar-refractivity contribution in [2.75, 3.05) is 18.0 Å². The monoisotopic (exact) mass is 347 g/mol. The van der Waals surface area contributed by atoms with Gasteiger partial charge in [-0.2, -0.15) is 4.98 Å². The molecule has 0 spiro atoms. The Hall–Kier alpha value is -1.77. The molecule has 0 unspecified atom stereocenters. The summed E-state index contributed by atoms with van der Waals surface area (Å²) in [6, 6.07) is 3.95. The summed E-state index contributed by atoms with van der Waals surface area (Å²) in [4.78, 5) is 13.5. The van der Waals surface area contributed by atoms with E-state index in [1.807, 2.05) is 23.7 Å². The maximum atomic E-state index is 5.28. The highest BCUT2D eigenvalue weighted by molar-refractivity contribution is 7.15. The smallest absolute Gasteiger partial charge is 0.268 e. The van der Waals surface area contributed by atoms with E-state index >= 15 is 0 Å². The predicted octanol–water partition coefficient (Wildman–Crippen LogP) is 3.14. The number of thiophene rings is 1. The molecule has 120 valence electrons. The molecule has 0 radical (unpaired) electrons. The fourth-order valence-electron chi connectivity index (χ4n) is 2.56. The molecule has 1 aliphatic heterocycles. The van der Waals surface area contributed by atoms with E-state index in [0.717, 1.165) is 29.6 Å². The summed E-state index contributed by atoms with van der Waals surface area (Å²) < 4.78 is 5.28. The zero-order chi connectivity index (χ0) is 15.5. The number of rotatable bonds is 6. The normalized spacial score (nSPS) is 14.7. The summed E-state index contributed by atoms with van der Waals surface area (Å²) in [5.74, 6) is 1.27. The minimum absolute atomic E-state index is 0.589. The minimum atomic E-state index is 0.589. The molecule has 0 bridgehead atoms. The summed E-state index contributed by atoms with van der Waals surface area (Å²) in [6.07, 6.45) is 4.51. The second kappa shape index (κ2) is 6.77. The van der Waals surface area contributed by atoms with Crippen LogP contribution in [-0.4, -0.2) is 28.2 Å². The Morgan fingerprint density at radius 2 is 2.17 bits per heavy atom. The van der Waals surface area contributed by atoms with Crippen molar-refractivity contribution in [3.05, 3.63) is 34.4 Å². The van der Waals surface area contributed by atoms with Gasteiger partial charge in [-0.1, -0.05) is 11.2 Å². The SMILES string of the molecule is c1csc(-c2nc(CNCc3cnc(N4CCCC4)s3)no2)c1. The van der Waals surface area contributed by atoms with Crippen LogP contribution in [-0.2, 0) is 13.1 Å². The highest BCUT2D eigenvalue weighted by Crippen LogP contribution is 2.26. The van der Waals surface area contributed by atoms with Crippen LogP contribution >= 0.6 is 22.7 Å². The molecular formula is C15H17N5OS2. The first-order valence-electron chi connectivity index (χ1n) is 7.65. The van der Waals surface area contributed by atoms with Gasteiger partial charge in [0.15, 0.2) is 11.0 Å². The standard InChI is InChI=1S/C15H17N5OS2/c1-2-6-20(5-1)15-17-9-11(23-15)8-16-10-13-18-14(21-19-13)12-4-3-7-22-12/h3-4,7,9,16H,1-2,5-6,8,10H2. The lowest BCUT2D eigenvalue weighted by Crippen LogP contribution is -2.16. The average molecular weight is 347 g/mol. The predicted molar refractivity (Wildman–Crippen MR) is 91.7 cm³/mol. The second-order valence-corrected chi connectivity index (χ2v) is 7.44. The Morgan fingerprint density at radius 3 is 3.00 bits per heavy atom. The topological polar surface area (TPSA) is 67.1 Å². The lowest BCUT2D eigenvalue weighted by Gasteiger charge is -2.12. The van der Waals surface area contributed by atoms with Crippen molar-refractivity contribution in [2.24, 2.45) is 0 Å². The molecule has 4 rings (SSSR count). The average Bonchev–Trinajstić information content (AvgIpc) is 3.33. The molecule has 3 aromatic rings. The Labute approximate surface area is 142 Å². The van der Waals surface area contributed by atoms with Gasteiger partial charge in [0, 0.05) is 30.7 Å². The van der Waals surface area contributed by atoms with Gasteiger partial charge in [0.25, 0.3) is 5.89 Å². The second-order valence-electron chi connectivity index (χ2n) is 5.40. The minimum Gasteiger partial charge on any atom is -0.348 e. The van der Waals surface area contributed by atoms with Gasteiger partial charge < -0.3 is 14.7 Å². The van der Waals surface area contributed by atoms with Crippen molar-refractivity contribution in [3.63, 3.8) is 0 Å². The first-order chi connectivity index (χ1) is 11.4. The van der Waals surface area contributed by atoms with Gasteiger partial charge in [-0.05, 0) is 24.3 Å². The lowest BCUT2D eigenvalue weighted by molar-refractivity contribution is 0.420. The van der Waals surface area contributed by atoms with Crippen molar-refractivity contribution in [1.82, 2.24) is 20.4 Å². The van der Waals surface area contributed by atoms with Crippen molar-refractivity contribution in [1.29, 1.82) is 0 Å². The Kier molecular flexibility index (Phi) is 4.36. The fourth-order valence-corrected chi connectivity index (χ4v) is 4.13. The number of anilines is 1. The van der Waals surface area contributed by atoms with Crippen LogP contribution in [0.3, 0.4) is 0 Å². The zero-order valence-corrected chi connectivity index (χ0v) is 14.2. The molecule has 23 heavy (non-hydrogen) atoms. The van der Waals surface area contributed by atoms with Crippen molar-refractivity contribution < 1.29 is 4.52 Å². The van der Waals surface area contributed by atoms with Gasteiger partial charge in [0.05, 0.1) is 11.4 Å². The van der Waals surface area contributed by atoms with Gasteiger partial charge in [0.2, 0.25) is 0 Å².